The van der Waals surface area contributed by atoms with Crippen LogP contribution in [0, 0.1) is 0 Å². The van der Waals surface area contributed by atoms with Crippen molar-refractivity contribution in [3.63, 3.8) is 0 Å². The lowest BCUT2D eigenvalue weighted by molar-refractivity contribution is 0.307. The number of unbranched alkanes of at least 4 members (excludes halogenated alkanes) is 1. The van der Waals surface area contributed by atoms with E-state index >= 15 is 0 Å². The van der Waals surface area contributed by atoms with Gasteiger partial charge in [-0.15, -0.1) is 0 Å². The molecule has 10 nitrogen and oxygen atoms in total. The van der Waals surface area contributed by atoms with E-state index in [2.05, 4.69) is 26.7 Å². The van der Waals surface area contributed by atoms with E-state index in [4.69, 9.17) is 25.1 Å². The van der Waals surface area contributed by atoms with Gasteiger partial charge in [0.25, 0.3) is 0 Å². The molecule has 0 aliphatic carbocycles. The van der Waals surface area contributed by atoms with Crippen molar-refractivity contribution in [3.8, 4) is 28.5 Å². The Kier molecular flexibility index (Phi) is 7.13. The second-order valence-corrected chi connectivity index (χ2v) is 8.31. The summed E-state index contributed by atoms with van der Waals surface area (Å²) >= 11 is 0. The highest BCUT2D eigenvalue weighted by molar-refractivity contribution is 5.95. The number of hydrogen-bond acceptors (Lipinski definition) is 9. The van der Waals surface area contributed by atoms with Crippen molar-refractivity contribution in [2.24, 2.45) is 0 Å². The third kappa shape index (κ3) is 4.89. The van der Waals surface area contributed by atoms with Crippen molar-refractivity contribution >= 4 is 16.9 Å². The fourth-order valence-corrected chi connectivity index (χ4v) is 4.13. The van der Waals surface area contributed by atoms with E-state index in [1.54, 1.807) is 12.4 Å². The highest BCUT2D eigenvalue weighted by Gasteiger charge is 2.23. The first-order chi connectivity index (χ1) is 17.8. The van der Waals surface area contributed by atoms with E-state index in [9.17, 15) is 0 Å². The second kappa shape index (κ2) is 11.0. The molecule has 0 radical (unpaired) electrons. The fourth-order valence-electron chi connectivity index (χ4n) is 4.13. The van der Waals surface area contributed by atoms with Gasteiger partial charge >= 0.3 is 0 Å². The highest BCUT2D eigenvalue weighted by Crippen LogP contribution is 2.36. The largest absolute Gasteiger partial charge is 0.490 e. The Morgan fingerprint density at radius 3 is 2.67 bits per heavy atom. The number of ether oxygens (including phenoxy) is 1. The molecule has 0 spiro atoms. The molecule has 5 rings (SSSR count). The molecule has 0 amide bonds. The molecule has 36 heavy (non-hydrogen) atoms. The number of nitrogens with two attached hydrogens (primary N) is 1. The van der Waals surface area contributed by atoms with Gasteiger partial charge in [-0.25, -0.2) is 14.6 Å². The van der Waals surface area contributed by atoms with E-state index < -0.39 is 0 Å². The van der Waals surface area contributed by atoms with Crippen molar-refractivity contribution in [2.75, 3.05) is 18.9 Å². The Bertz CT molecular complexity index is 1420. The van der Waals surface area contributed by atoms with Crippen LogP contribution >= 0.6 is 0 Å². The smallest absolute Gasteiger partial charge is 0.199 e. The Morgan fingerprint density at radius 2 is 1.92 bits per heavy atom. The predicted octanol–water partition coefficient (Wildman–Crippen LogP) is 4.09. The molecule has 184 valence electrons. The zero-order chi connectivity index (χ0) is 24.7. The topological polar surface area (TPSA) is 130 Å². The van der Waals surface area contributed by atoms with Gasteiger partial charge < -0.3 is 20.4 Å². The predicted molar refractivity (Wildman–Crippen MR) is 137 cm³/mol. The Morgan fingerprint density at radius 1 is 1.03 bits per heavy atom. The van der Waals surface area contributed by atoms with Gasteiger partial charge in [-0.05, 0) is 48.3 Å². The van der Waals surface area contributed by atoms with Gasteiger partial charge in [-0.2, -0.15) is 0 Å². The number of fused-ring (bicyclic) bond motifs is 1. The summed E-state index contributed by atoms with van der Waals surface area (Å²) in [6.07, 6.45) is 7.31. The number of rotatable bonds is 11. The third-order valence-corrected chi connectivity index (χ3v) is 5.88. The van der Waals surface area contributed by atoms with Crippen LogP contribution in [0.1, 0.15) is 25.3 Å². The first kappa shape index (κ1) is 23.4. The number of aryl methyl sites for hydroxylation is 1. The normalized spacial score (nSPS) is 11.2. The lowest BCUT2D eigenvalue weighted by Crippen LogP contribution is -2.15. The van der Waals surface area contributed by atoms with Gasteiger partial charge in [0.1, 0.15) is 11.0 Å². The quantitative estimate of drug-likeness (QED) is 0.266. The van der Waals surface area contributed by atoms with E-state index in [-0.39, 0.29) is 5.82 Å². The van der Waals surface area contributed by atoms with E-state index in [1.807, 2.05) is 54.1 Å². The molecule has 0 saturated carbocycles. The lowest BCUT2D eigenvalue weighted by Gasteiger charge is -2.12. The summed E-state index contributed by atoms with van der Waals surface area (Å²) in [7, 11) is 0. The first-order valence-corrected chi connectivity index (χ1v) is 12.0. The van der Waals surface area contributed by atoms with Crippen LogP contribution < -0.4 is 15.8 Å². The minimum absolute atomic E-state index is 0.190. The molecule has 0 unspecified atom stereocenters. The molecule has 0 bridgehead atoms. The van der Waals surface area contributed by atoms with E-state index in [0.29, 0.717) is 30.4 Å². The summed E-state index contributed by atoms with van der Waals surface area (Å²) in [5.74, 6) is 1.43. The zero-order valence-corrected chi connectivity index (χ0v) is 20.1. The highest BCUT2D eigenvalue weighted by atomic mass is 16.6. The summed E-state index contributed by atoms with van der Waals surface area (Å²) in [6.45, 7) is 4.93. The average Bonchev–Trinajstić information content (AvgIpc) is 3.52. The molecule has 0 fully saturated rings. The molecule has 0 aliphatic rings. The molecular formula is C26H28N8O2. The molecule has 0 aliphatic heterocycles. The summed E-state index contributed by atoms with van der Waals surface area (Å²) < 4.78 is 13.1. The molecule has 4 aromatic heterocycles. The number of imidazole rings is 1. The van der Waals surface area contributed by atoms with E-state index in [0.717, 1.165) is 48.2 Å². The average molecular weight is 485 g/mol. The van der Waals surface area contributed by atoms with Gasteiger partial charge in [0.2, 0.25) is 0 Å². The number of aromatic nitrogens is 6. The Hall–Kier alpha value is -4.31. The second-order valence-electron chi connectivity index (χ2n) is 8.31. The van der Waals surface area contributed by atoms with Gasteiger partial charge in [0.15, 0.2) is 23.1 Å². The number of benzene rings is 1. The number of anilines is 1. The minimum Gasteiger partial charge on any atom is -0.490 e. The maximum Gasteiger partial charge on any atom is 0.199 e. The van der Waals surface area contributed by atoms with Crippen molar-refractivity contribution in [2.45, 2.75) is 32.9 Å². The Labute approximate surface area is 208 Å². The summed E-state index contributed by atoms with van der Waals surface area (Å²) in [5, 5.41) is 11.2. The van der Waals surface area contributed by atoms with E-state index in [1.165, 1.54) is 5.56 Å². The molecule has 0 atom stereocenters. The number of nitrogens with zero attached hydrogens (tertiary/aromatic N) is 6. The number of pyridine rings is 2. The van der Waals surface area contributed by atoms with Crippen molar-refractivity contribution < 1.29 is 9.37 Å². The van der Waals surface area contributed by atoms with Gasteiger partial charge in [0, 0.05) is 31.0 Å². The Balaban J connectivity index is 1.36. The number of nitrogens with one attached hydrogen (secondary N) is 1. The summed E-state index contributed by atoms with van der Waals surface area (Å²) in [4.78, 5) is 13.7. The monoisotopic (exact) mass is 484 g/mol. The fraction of sp³-hybridized carbons (Fsp3) is 0.269. The van der Waals surface area contributed by atoms with Crippen LogP contribution in [0.4, 0.5) is 5.82 Å². The van der Waals surface area contributed by atoms with Crippen LogP contribution in [-0.2, 0) is 13.1 Å². The van der Waals surface area contributed by atoms with Crippen LogP contribution in [0.5, 0.6) is 5.75 Å². The summed E-state index contributed by atoms with van der Waals surface area (Å²) in [5.41, 5.74) is 10.9. The molecule has 0 saturated heterocycles. The molecule has 10 heteroatoms. The maximum absolute atomic E-state index is 6.23. The molecule has 5 aromatic rings. The van der Waals surface area contributed by atoms with Crippen LogP contribution in [0.2, 0.25) is 0 Å². The van der Waals surface area contributed by atoms with Crippen LogP contribution in [-0.4, -0.2) is 43.0 Å². The maximum atomic E-state index is 6.23. The van der Waals surface area contributed by atoms with Gasteiger partial charge in [-0.1, -0.05) is 36.4 Å². The van der Waals surface area contributed by atoms with Crippen LogP contribution in [0.15, 0.2) is 65.7 Å². The van der Waals surface area contributed by atoms with Crippen molar-refractivity contribution in [1.82, 2.24) is 35.1 Å². The third-order valence-electron chi connectivity index (χ3n) is 5.88. The van der Waals surface area contributed by atoms with Crippen LogP contribution in [0.25, 0.3) is 33.8 Å². The number of nitrogen functional groups attached to an aromatic ring is 1. The lowest BCUT2D eigenvalue weighted by atomic mass is 10.1. The van der Waals surface area contributed by atoms with Crippen LogP contribution in [0.3, 0.4) is 0 Å². The SMILES string of the molecule is CCn1c(-c2nonc2N)nc2c(-c3ccccc3)ncc(OCCCCNCc3cccnc3)c21. The molecule has 1 aromatic carbocycles. The molecule has 3 N–H and O–H groups in total. The van der Waals surface area contributed by atoms with Crippen molar-refractivity contribution in [3.05, 3.63) is 66.6 Å². The minimum atomic E-state index is 0.190. The van der Waals surface area contributed by atoms with Gasteiger partial charge in [0.05, 0.1) is 18.5 Å². The van der Waals surface area contributed by atoms with Crippen molar-refractivity contribution in [1.29, 1.82) is 0 Å². The summed E-state index contributed by atoms with van der Waals surface area (Å²) in [6, 6.07) is 14.0. The number of hydrogen-bond donors (Lipinski definition) is 2. The standard InChI is InChI=1S/C26H28N8O2/c1-2-34-24-20(35-14-7-6-12-28-15-18-9-8-13-29-16-18)17-30-21(19-10-4-3-5-11-19)22(24)31-26(34)23-25(27)33-36-32-23/h3-5,8-11,13,16-17,28H,2,6-7,12,14-15H2,1H3,(H2,27,33). The molecular weight excluding hydrogens is 456 g/mol. The zero-order valence-electron chi connectivity index (χ0n) is 20.1. The van der Waals surface area contributed by atoms with Gasteiger partial charge in [-0.3, -0.25) is 4.98 Å². The first-order valence-electron chi connectivity index (χ1n) is 12.0. The molecule has 4 heterocycles.